The molecule has 4 rings (SSSR count). The average molecular weight is 400 g/mol. The van der Waals surface area contributed by atoms with E-state index in [1.807, 2.05) is 24.3 Å². The Bertz CT molecular complexity index is 988. The molecule has 140 valence electrons. The minimum Gasteiger partial charge on any atom is -0.207 e. The predicted molar refractivity (Wildman–Crippen MR) is 106 cm³/mol. The Morgan fingerprint density at radius 3 is 2.44 bits per heavy atom. The summed E-state index contributed by atoms with van der Waals surface area (Å²) in [6.07, 6.45) is 2.54. The number of hydrogen-bond donors (Lipinski definition) is 0. The van der Waals surface area contributed by atoms with Gasteiger partial charge in [-0.25, -0.2) is 8.42 Å². The highest BCUT2D eigenvalue weighted by Crippen LogP contribution is 2.32. The molecule has 0 spiro atoms. The molecule has 2 heterocycles. The molecule has 1 saturated heterocycles. The third-order valence-corrected chi connectivity index (χ3v) is 7.76. The van der Waals surface area contributed by atoms with Crippen LogP contribution in [0.1, 0.15) is 34.3 Å². The molecule has 0 radical (unpaired) electrons. The minimum atomic E-state index is -3.45. The van der Waals surface area contributed by atoms with Crippen molar-refractivity contribution in [3.63, 3.8) is 0 Å². The highest BCUT2D eigenvalue weighted by molar-refractivity contribution is 7.89. The predicted octanol–water partition coefficient (Wildman–Crippen LogP) is 3.70. The second-order valence-corrected chi connectivity index (χ2v) is 9.74. The Morgan fingerprint density at radius 2 is 1.70 bits per heavy atom. The number of rotatable bonds is 5. The van der Waals surface area contributed by atoms with E-state index < -0.39 is 10.0 Å². The monoisotopic (exact) mass is 399 g/mol. The number of benzene rings is 2. The van der Waals surface area contributed by atoms with Gasteiger partial charge in [0.2, 0.25) is 10.0 Å². The standard InChI is InChI=1S/C20H21N3O2S2/c24-27(25,18-11-5-2-6-12-18)23-13-7-10-17(15-23)20-22-21-19(26-20)14-16-8-3-1-4-9-16/h1-6,8-9,11-12,17H,7,10,13-15H2/t17-/m1/s1. The van der Waals surface area contributed by atoms with E-state index in [-0.39, 0.29) is 5.92 Å². The van der Waals surface area contributed by atoms with Gasteiger partial charge in [0.1, 0.15) is 10.0 Å². The summed E-state index contributed by atoms with van der Waals surface area (Å²) in [5.41, 5.74) is 1.21. The molecule has 1 aliphatic heterocycles. The Hall–Kier alpha value is -2.09. The maximum absolute atomic E-state index is 12.9. The van der Waals surface area contributed by atoms with E-state index in [1.54, 1.807) is 39.9 Å². The molecular weight excluding hydrogens is 378 g/mol. The van der Waals surface area contributed by atoms with Crippen molar-refractivity contribution in [2.45, 2.75) is 30.1 Å². The van der Waals surface area contributed by atoms with Crippen LogP contribution in [0.4, 0.5) is 0 Å². The summed E-state index contributed by atoms with van der Waals surface area (Å²) in [6.45, 7) is 1.03. The zero-order valence-corrected chi connectivity index (χ0v) is 16.5. The zero-order chi connectivity index (χ0) is 18.7. The van der Waals surface area contributed by atoms with Crippen LogP contribution in [0, 0.1) is 0 Å². The van der Waals surface area contributed by atoms with Gasteiger partial charge in [0.15, 0.2) is 0 Å². The van der Waals surface area contributed by atoms with Gasteiger partial charge in [-0.2, -0.15) is 4.31 Å². The van der Waals surface area contributed by atoms with Crippen molar-refractivity contribution >= 4 is 21.4 Å². The highest BCUT2D eigenvalue weighted by Gasteiger charge is 2.32. The van der Waals surface area contributed by atoms with Crippen molar-refractivity contribution in [1.82, 2.24) is 14.5 Å². The lowest BCUT2D eigenvalue weighted by atomic mass is 10.0. The lowest BCUT2D eigenvalue weighted by Gasteiger charge is -2.30. The maximum Gasteiger partial charge on any atom is 0.243 e. The van der Waals surface area contributed by atoms with Gasteiger partial charge >= 0.3 is 0 Å². The van der Waals surface area contributed by atoms with Crippen LogP contribution in [0.5, 0.6) is 0 Å². The first kappa shape index (κ1) is 18.3. The van der Waals surface area contributed by atoms with Crippen molar-refractivity contribution < 1.29 is 8.42 Å². The van der Waals surface area contributed by atoms with Gasteiger partial charge in [-0.1, -0.05) is 48.5 Å². The third kappa shape index (κ3) is 4.10. The SMILES string of the molecule is O=S(=O)(c1ccccc1)N1CCC[C@@H](c2nnc(Cc3ccccc3)s2)C1. The van der Waals surface area contributed by atoms with Crippen LogP contribution in [-0.2, 0) is 16.4 Å². The lowest BCUT2D eigenvalue weighted by Crippen LogP contribution is -2.39. The van der Waals surface area contributed by atoms with Gasteiger partial charge in [0.25, 0.3) is 0 Å². The van der Waals surface area contributed by atoms with Gasteiger partial charge in [-0.3, -0.25) is 0 Å². The highest BCUT2D eigenvalue weighted by atomic mass is 32.2. The number of sulfonamides is 1. The first-order valence-electron chi connectivity index (χ1n) is 9.04. The summed E-state index contributed by atoms with van der Waals surface area (Å²) in [5.74, 6) is 0.110. The van der Waals surface area contributed by atoms with Crippen molar-refractivity contribution in [2.24, 2.45) is 0 Å². The van der Waals surface area contributed by atoms with Crippen LogP contribution in [-0.4, -0.2) is 36.0 Å². The average Bonchev–Trinajstić information content (AvgIpc) is 3.18. The van der Waals surface area contributed by atoms with E-state index >= 15 is 0 Å². The molecule has 1 fully saturated rings. The van der Waals surface area contributed by atoms with E-state index in [4.69, 9.17) is 0 Å². The molecule has 0 aliphatic carbocycles. The van der Waals surface area contributed by atoms with Crippen LogP contribution >= 0.6 is 11.3 Å². The first-order chi connectivity index (χ1) is 13.1. The Kier molecular flexibility index (Phi) is 5.33. The third-order valence-electron chi connectivity index (χ3n) is 4.79. The van der Waals surface area contributed by atoms with Crippen LogP contribution < -0.4 is 0 Å². The Labute approximate surface area is 163 Å². The molecule has 1 atom stereocenters. The summed E-state index contributed by atoms with van der Waals surface area (Å²) in [6, 6.07) is 18.8. The van der Waals surface area contributed by atoms with Crippen LogP contribution in [0.25, 0.3) is 0 Å². The summed E-state index contributed by atoms with van der Waals surface area (Å²) < 4.78 is 27.4. The minimum absolute atomic E-state index is 0.110. The van der Waals surface area contributed by atoms with Gasteiger partial charge in [0, 0.05) is 25.4 Å². The van der Waals surface area contributed by atoms with Crippen molar-refractivity contribution in [2.75, 3.05) is 13.1 Å². The van der Waals surface area contributed by atoms with Gasteiger partial charge in [0.05, 0.1) is 4.90 Å². The van der Waals surface area contributed by atoms with E-state index in [1.165, 1.54) is 5.56 Å². The summed E-state index contributed by atoms with van der Waals surface area (Å²) in [5, 5.41) is 10.6. The zero-order valence-electron chi connectivity index (χ0n) is 14.9. The normalized spacial score (nSPS) is 18.4. The molecule has 2 aromatic carbocycles. The van der Waals surface area contributed by atoms with Crippen molar-refractivity contribution in [3.8, 4) is 0 Å². The van der Waals surface area contributed by atoms with Crippen molar-refractivity contribution in [3.05, 3.63) is 76.2 Å². The quantitative estimate of drug-likeness (QED) is 0.656. The summed E-state index contributed by atoms with van der Waals surface area (Å²) in [7, 11) is -3.45. The molecule has 5 nitrogen and oxygen atoms in total. The fourth-order valence-corrected chi connectivity index (χ4v) is 5.92. The smallest absolute Gasteiger partial charge is 0.207 e. The van der Waals surface area contributed by atoms with E-state index in [0.29, 0.717) is 18.0 Å². The maximum atomic E-state index is 12.9. The molecule has 27 heavy (non-hydrogen) atoms. The first-order valence-corrected chi connectivity index (χ1v) is 11.3. The molecule has 0 bridgehead atoms. The number of aromatic nitrogens is 2. The van der Waals surface area contributed by atoms with Gasteiger partial charge < -0.3 is 0 Å². The van der Waals surface area contributed by atoms with Crippen LogP contribution in [0.2, 0.25) is 0 Å². The topological polar surface area (TPSA) is 63.2 Å². The lowest BCUT2D eigenvalue weighted by molar-refractivity contribution is 0.314. The second-order valence-electron chi connectivity index (χ2n) is 6.71. The van der Waals surface area contributed by atoms with Gasteiger partial charge in [-0.15, -0.1) is 21.5 Å². The van der Waals surface area contributed by atoms with Crippen LogP contribution in [0.15, 0.2) is 65.6 Å². The Balaban J connectivity index is 1.49. The van der Waals surface area contributed by atoms with E-state index in [2.05, 4.69) is 22.3 Å². The fraction of sp³-hybridized carbons (Fsp3) is 0.300. The summed E-state index contributed by atoms with van der Waals surface area (Å²) in [4.78, 5) is 0.354. The molecule has 0 saturated carbocycles. The molecule has 0 amide bonds. The molecule has 0 unspecified atom stereocenters. The molecule has 0 N–H and O–H groups in total. The van der Waals surface area contributed by atoms with E-state index in [0.717, 1.165) is 29.3 Å². The molecule has 7 heteroatoms. The van der Waals surface area contributed by atoms with Crippen LogP contribution in [0.3, 0.4) is 0 Å². The van der Waals surface area contributed by atoms with E-state index in [9.17, 15) is 8.42 Å². The molecule has 1 aliphatic rings. The summed E-state index contributed by atoms with van der Waals surface area (Å²) >= 11 is 1.60. The Morgan fingerprint density at radius 1 is 1.00 bits per heavy atom. The van der Waals surface area contributed by atoms with Gasteiger partial charge in [-0.05, 0) is 30.5 Å². The number of nitrogens with zero attached hydrogens (tertiary/aromatic N) is 3. The molecular formula is C20H21N3O2S2. The number of piperidine rings is 1. The molecule has 3 aromatic rings. The second kappa shape index (κ2) is 7.88. The largest absolute Gasteiger partial charge is 0.243 e. The van der Waals surface area contributed by atoms with Crippen molar-refractivity contribution in [1.29, 1.82) is 0 Å². The number of hydrogen-bond acceptors (Lipinski definition) is 5. The molecule has 1 aromatic heterocycles. The fourth-order valence-electron chi connectivity index (χ4n) is 3.38.